The Morgan fingerprint density at radius 2 is 2.09 bits per heavy atom. The molecule has 0 nitrogen and oxygen atoms in total. The quantitative estimate of drug-likeness (QED) is 0.494. The van der Waals surface area contributed by atoms with Gasteiger partial charge in [-0.05, 0) is 12.3 Å². The van der Waals surface area contributed by atoms with E-state index < -0.39 is 0 Å². The highest BCUT2D eigenvalue weighted by atomic mass is 32.1. The van der Waals surface area contributed by atoms with Crippen LogP contribution in [0.5, 0.6) is 0 Å². The Hall–Kier alpha value is 0.260. The van der Waals surface area contributed by atoms with Gasteiger partial charge in [0.1, 0.15) is 0 Å². The molecule has 11 heavy (non-hydrogen) atoms. The zero-order chi connectivity index (χ0) is 8.69. The van der Waals surface area contributed by atoms with Gasteiger partial charge in [-0.2, -0.15) is 25.3 Å². The minimum Gasteiger partial charge on any atom is -0.166 e. The third-order valence-electron chi connectivity index (χ3n) is 1.61. The van der Waals surface area contributed by atoms with Gasteiger partial charge in [-0.15, -0.1) is 0 Å². The first-order valence-electron chi connectivity index (χ1n) is 3.99. The third kappa shape index (κ3) is 5.52. The summed E-state index contributed by atoms with van der Waals surface area (Å²) >= 11 is 8.39. The molecule has 0 saturated carbocycles. The van der Waals surface area contributed by atoms with Crippen molar-refractivity contribution in [2.45, 2.75) is 31.9 Å². The van der Waals surface area contributed by atoms with E-state index in [0.29, 0.717) is 11.7 Å². The molecule has 0 saturated heterocycles. The highest BCUT2D eigenvalue weighted by Crippen LogP contribution is 2.14. The van der Waals surface area contributed by atoms with Crippen molar-refractivity contribution >= 4 is 25.3 Å². The van der Waals surface area contributed by atoms with E-state index in [1.165, 1.54) is 12.8 Å². The van der Waals surface area contributed by atoms with E-state index in [1.807, 2.05) is 0 Å². The SMILES string of the molecule is CCCC(C)C(S)C#CCS. The highest BCUT2D eigenvalue weighted by molar-refractivity contribution is 7.81. The smallest absolute Gasteiger partial charge is 0.0652 e. The molecular formula is C9H16S2. The van der Waals surface area contributed by atoms with Crippen molar-refractivity contribution in [3.8, 4) is 11.8 Å². The lowest BCUT2D eigenvalue weighted by molar-refractivity contribution is 0.550. The molecule has 0 N–H and O–H groups in total. The average molecular weight is 188 g/mol. The van der Waals surface area contributed by atoms with Crippen LogP contribution in [-0.2, 0) is 0 Å². The van der Waals surface area contributed by atoms with Crippen LogP contribution in [0.2, 0.25) is 0 Å². The van der Waals surface area contributed by atoms with Crippen LogP contribution in [0.15, 0.2) is 0 Å². The Morgan fingerprint density at radius 3 is 2.55 bits per heavy atom. The van der Waals surface area contributed by atoms with Crippen LogP contribution in [0.25, 0.3) is 0 Å². The Kier molecular flexibility index (Phi) is 7.10. The van der Waals surface area contributed by atoms with E-state index in [2.05, 4.69) is 50.9 Å². The standard InChI is InChI=1S/C9H16S2/c1-3-5-8(2)9(11)6-4-7-10/h8-11H,3,5,7H2,1-2H3. The summed E-state index contributed by atoms with van der Waals surface area (Å²) in [6.45, 7) is 4.37. The van der Waals surface area contributed by atoms with Gasteiger partial charge >= 0.3 is 0 Å². The van der Waals surface area contributed by atoms with Crippen LogP contribution in [0.3, 0.4) is 0 Å². The van der Waals surface area contributed by atoms with E-state index in [0.717, 1.165) is 0 Å². The maximum absolute atomic E-state index is 4.39. The maximum atomic E-state index is 4.39. The van der Waals surface area contributed by atoms with Crippen molar-refractivity contribution in [3.05, 3.63) is 0 Å². The number of rotatable bonds is 3. The van der Waals surface area contributed by atoms with Gasteiger partial charge in [0.05, 0.1) is 11.0 Å². The first kappa shape index (κ1) is 11.3. The largest absolute Gasteiger partial charge is 0.166 e. The molecule has 0 rings (SSSR count). The Balaban J connectivity index is 3.71. The Labute approximate surface area is 81.0 Å². The van der Waals surface area contributed by atoms with E-state index in [-0.39, 0.29) is 5.25 Å². The minimum atomic E-state index is 0.224. The van der Waals surface area contributed by atoms with Crippen LogP contribution < -0.4 is 0 Å². The molecule has 0 amide bonds. The van der Waals surface area contributed by atoms with Crippen LogP contribution in [0, 0.1) is 17.8 Å². The number of thiol groups is 2. The number of hydrogen-bond acceptors (Lipinski definition) is 2. The first-order valence-corrected chi connectivity index (χ1v) is 5.14. The van der Waals surface area contributed by atoms with Gasteiger partial charge in [0.25, 0.3) is 0 Å². The lowest BCUT2D eigenvalue weighted by Gasteiger charge is -2.11. The summed E-state index contributed by atoms with van der Waals surface area (Å²) < 4.78 is 0. The predicted molar refractivity (Wildman–Crippen MR) is 58.5 cm³/mol. The maximum Gasteiger partial charge on any atom is 0.0652 e. The van der Waals surface area contributed by atoms with Gasteiger partial charge in [-0.25, -0.2) is 0 Å². The molecule has 0 bridgehead atoms. The lowest BCUT2D eigenvalue weighted by atomic mass is 10.0. The fourth-order valence-corrected chi connectivity index (χ4v) is 1.24. The first-order chi connectivity index (χ1) is 5.22. The Bertz CT molecular complexity index is 143. The average Bonchev–Trinajstić information content (AvgIpc) is 2.00. The Morgan fingerprint density at radius 1 is 1.45 bits per heavy atom. The molecule has 0 aromatic rings. The second-order valence-electron chi connectivity index (χ2n) is 2.69. The molecule has 0 aliphatic carbocycles. The molecule has 0 radical (unpaired) electrons. The molecular weight excluding hydrogens is 172 g/mol. The summed E-state index contributed by atoms with van der Waals surface area (Å²) in [5.74, 6) is 7.21. The van der Waals surface area contributed by atoms with Gasteiger partial charge in [0.15, 0.2) is 0 Å². The summed E-state index contributed by atoms with van der Waals surface area (Å²) in [5.41, 5.74) is 0. The van der Waals surface area contributed by atoms with Crippen molar-refractivity contribution in [1.29, 1.82) is 0 Å². The van der Waals surface area contributed by atoms with Gasteiger partial charge in [0, 0.05) is 0 Å². The molecule has 0 spiro atoms. The van der Waals surface area contributed by atoms with Crippen molar-refractivity contribution in [1.82, 2.24) is 0 Å². The van der Waals surface area contributed by atoms with Gasteiger partial charge in [0.2, 0.25) is 0 Å². The molecule has 0 aliphatic rings. The molecule has 0 aliphatic heterocycles. The molecule has 0 fully saturated rings. The third-order valence-corrected chi connectivity index (χ3v) is 2.41. The van der Waals surface area contributed by atoms with E-state index in [1.54, 1.807) is 0 Å². The van der Waals surface area contributed by atoms with Crippen molar-refractivity contribution in [2.75, 3.05) is 5.75 Å². The monoisotopic (exact) mass is 188 g/mol. The highest BCUT2D eigenvalue weighted by Gasteiger charge is 2.07. The second-order valence-corrected chi connectivity index (χ2v) is 3.56. The normalized spacial score (nSPS) is 14.9. The molecule has 0 heterocycles. The molecule has 0 aromatic carbocycles. The molecule has 2 heteroatoms. The summed E-state index contributed by atoms with van der Waals surface area (Å²) in [7, 11) is 0. The van der Waals surface area contributed by atoms with E-state index in [4.69, 9.17) is 0 Å². The van der Waals surface area contributed by atoms with Gasteiger partial charge in [-0.1, -0.05) is 32.1 Å². The molecule has 64 valence electrons. The lowest BCUT2D eigenvalue weighted by Crippen LogP contribution is -2.08. The van der Waals surface area contributed by atoms with Crippen molar-refractivity contribution in [3.63, 3.8) is 0 Å². The minimum absolute atomic E-state index is 0.224. The van der Waals surface area contributed by atoms with Gasteiger partial charge < -0.3 is 0 Å². The fourth-order valence-electron chi connectivity index (χ4n) is 0.906. The summed E-state index contributed by atoms with van der Waals surface area (Å²) in [4.78, 5) is 0. The van der Waals surface area contributed by atoms with Crippen molar-refractivity contribution in [2.24, 2.45) is 5.92 Å². The molecule has 2 unspecified atom stereocenters. The van der Waals surface area contributed by atoms with Gasteiger partial charge in [-0.3, -0.25) is 0 Å². The summed E-state index contributed by atoms with van der Waals surface area (Å²) in [6.07, 6.45) is 2.41. The van der Waals surface area contributed by atoms with Crippen molar-refractivity contribution < 1.29 is 0 Å². The van der Waals surface area contributed by atoms with Crippen LogP contribution in [0.4, 0.5) is 0 Å². The predicted octanol–water partition coefficient (Wildman–Crippen LogP) is 2.65. The zero-order valence-electron chi connectivity index (χ0n) is 7.17. The van der Waals surface area contributed by atoms with Crippen LogP contribution in [0.1, 0.15) is 26.7 Å². The fraction of sp³-hybridized carbons (Fsp3) is 0.778. The molecule has 2 atom stereocenters. The second kappa shape index (κ2) is 6.94. The number of hydrogen-bond donors (Lipinski definition) is 2. The van der Waals surface area contributed by atoms with E-state index in [9.17, 15) is 0 Å². The summed E-state index contributed by atoms with van der Waals surface area (Å²) in [5, 5.41) is 0.224. The molecule has 0 aromatic heterocycles. The topological polar surface area (TPSA) is 0 Å². The summed E-state index contributed by atoms with van der Waals surface area (Å²) in [6, 6.07) is 0. The van der Waals surface area contributed by atoms with E-state index >= 15 is 0 Å². The zero-order valence-corrected chi connectivity index (χ0v) is 8.96. The van der Waals surface area contributed by atoms with Crippen LogP contribution >= 0.6 is 25.3 Å². The van der Waals surface area contributed by atoms with Crippen LogP contribution in [-0.4, -0.2) is 11.0 Å².